The summed E-state index contributed by atoms with van der Waals surface area (Å²) in [5, 5.41) is 3.71. The Labute approximate surface area is 108 Å². The lowest BCUT2D eigenvalue weighted by Gasteiger charge is -2.34. The second-order valence-electron chi connectivity index (χ2n) is 5.66. The van der Waals surface area contributed by atoms with E-state index in [1.165, 1.54) is 37.7 Å². The van der Waals surface area contributed by atoms with Crippen molar-refractivity contribution in [2.24, 2.45) is 0 Å². The van der Waals surface area contributed by atoms with Crippen LogP contribution in [0.1, 0.15) is 44.6 Å². The fraction of sp³-hybridized carbons (Fsp3) is 0.600. The first kappa shape index (κ1) is 11.8. The van der Waals surface area contributed by atoms with Gasteiger partial charge in [0.15, 0.2) is 11.5 Å². The largest absolute Gasteiger partial charge is 0.454 e. The monoisotopic (exact) mass is 247 g/mol. The molecular formula is C15H21NO2. The lowest BCUT2D eigenvalue weighted by molar-refractivity contribution is 0.174. The Balaban J connectivity index is 1.62. The first-order chi connectivity index (χ1) is 8.75. The summed E-state index contributed by atoms with van der Waals surface area (Å²) in [5.74, 6) is 1.74. The van der Waals surface area contributed by atoms with Gasteiger partial charge in [0.25, 0.3) is 0 Å². The molecule has 2 aliphatic rings. The van der Waals surface area contributed by atoms with E-state index in [0.29, 0.717) is 12.3 Å². The van der Waals surface area contributed by atoms with Crippen molar-refractivity contribution in [1.82, 2.24) is 5.32 Å². The Hall–Kier alpha value is -1.22. The molecule has 1 aliphatic heterocycles. The van der Waals surface area contributed by atoms with Crippen LogP contribution in [0.2, 0.25) is 0 Å². The number of fused-ring (bicyclic) bond motifs is 1. The molecule has 0 amide bonds. The first-order valence-corrected chi connectivity index (χ1v) is 6.89. The topological polar surface area (TPSA) is 30.5 Å². The quantitative estimate of drug-likeness (QED) is 0.889. The molecule has 0 radical (unpaired) electrons. The molecule has 0 unspecified atom stereocenters. The van der Waals surface area contributed by atoms with Crippen molar-refractivity contribution in [1.29, 1.82) is 0 Å². The highest BCUT2D eigenvalue weighted by atomic mass is 16.7. The summed E-state index contributed by atoms with van der Waals surface area (Å²) in [7, 11) is 0. The summed E-state index contributed by atoms with van der Waals surface area (Å²) in [6.07, 6.45) is 6.67. The molecule has 0 spiro atoms. The van der Waals surface area contributed by atoms with Crippen LogP contribution in [0.15, 0.2) is 18.2 Å². The maximum atomic E-state index is 5.41. The van der Waals surface area contributed by atoms with Crippen molar-refractivity contribution in [3.63, 3.8) is 0 Å². The molecule has 18 heavy (non-hydrogen) atoms. The third-order valence-corrected chi connectivity index (χ3v) is 4.11. The SMILES string of the molecule is CC1(NCc2ccc3c(c2)OCO3)CCCCC1. The average molecular weight is 247 g/mol. The maximum absolute atomic E-state index is 5.41. The third kappa shape index (κ3) is 2.46. The van der Waals surface area contributed by atoms with Crippen LogP contribution in [0, 0.1) is 0 Å². The van der Waals surface area contributed by atoms with Crippen LogP contribution >= 0.6 is 0 Å². The summed E-state index contributed by atoms with van der Waals surface area (Å²) in [6.45, 7) is 3.61. The molecule has 0 bridgehead atoms. The van der Waals surface area contributed by atoms with Gasteiger partial charge in [0, 0.05) is 12.1 Å². The number of ether oxygens (including phenoxy) is 2. The second-order valence-corrected chi connectivity index (χ2v) is 5.66. The second kappa shape index (κ2) is 4.81. The van der Waals surface area contributed by atoms with E-state index >= 15 is 0 Å². The zero-order valence-corrected chi connectivity index (χ0v) is 11.0. The van der Waals surface area contributed by atoms with Gasteiger partial charge in [-0.2, -0.15) is 0 Å². The predicted octanol–water partition coefficient (Wildman–Crippen LogP) is 3.23. The molecule has 98 valence electrons. The fourth-order valence-corrected chi connectivity index (χ4v) is 2.88. The van der Waals surface area contributed by atoms with E-state index in [-0.39, 0.29) is 0 Å². The number of hydrogen-bond acceptors (Lipinski definition) is 3. The van der Waals surface area contributed by atoms with E-state index < -0.39 is 0 Å². The van der Waals surface area contributed by atoms with Crippen molar-refractivity contribution in [2.75, 3.05) is 6.79 Å². The van der Waals surface area contributed by atoms with Crippen molar-refractivity contribution in [3.05, 3.63) is 23.8 Å². The number of benzene rings is 1. The van der Waals surface area contributed by atoms with Gasteiger partial charge in [-0.1, -0.05) is 25.3 Å². The Kier molecular flexibility index (Phi) is 3.16. The molecule has 3 heteroatoms. The van der Waals surface area contributed by atoms with Crippen LogP contribution in [-0.4, -0.2) is 12.3 Å². The molecular weight excluding hydrogens is 226 g/mol. The van der Waals surface area contributed by atoms with Crippen molar-refractivity contribution in [3.8, 4) is 11.5 Å². The van der Waals surface area contributed by atoms with Crippen LogP contribution in [0.3, 0.4) is 0 Å². The van der Waals surface area contributed by atoms with Crippen molar-refractivity contribution in [2.45, 2.75) is 51.1 Å². The Morgan fingerprint density at radius 1 is 1.11 bits per heavy atom. The van der Waals surface area contributed by atoms with Gasteiger partial charge >= 0.3 is 0 Å². The van der Waals surface area contributed by atoms with Crippen molar-refractivity contribution >= 4 is 0 Å². The summed E-state index contributed by atoms with van der Waals surface area (Å²) >= 11 is 0. The molecule has 1 aliphatic carbocycles. The summed E-state index contributed by atoms with van der Waals surface area (Å²) < 4.78 is 10.7. The zero-order chi connectivity index (χ0) is 12.4. The van der Waals surface area contributed by atoms with Crippen LogP contribution in [0.25, 0.3) is 0 Å². The normalized spacial score (nSPS) is 20.9. The summed E-state index contributed by atoms with van der Waals surface area (Å²) in [5.41, 5.74) is 1.58. The highest BCUT2D eigenvalue weighted by molar-refractivity contribution is 5.44. The van der Waals surface area contributed by atoms with E-state index in [4.69, 9.17) is 9.47 Å². The van der Waals surface area contributed by atoms with E-state index in [9.17, 15) is 0 Å². The van der Waals surface area contributed by atoms with E-state index in [1.54, 1.807) is 0 Å². The van der Waals surface area contributed by atoms with E-state index in [1.807, 2.05) is 6.07 Å². The van der Waals surface area contributed by atoms with Gasteiger partial charge in [0.05, 0.1) is 0 Å². The molecule has 1 fully saturated rings. The van der Waals surface area contributed by atoms with Gasteiger partial charge in [-0.15, -0.1) is 0 Å². The Morgan fingerprint density at radius 2 is 1.89 bits per heavy atom. The smallest absolute Gasteiger partial charge is 0.231 e. The molecule has 0 atom stereocenters. The molecule has 3 rings (SSSR count). The zero-order valence-electron chi connectivity index (χ0n) is 11.0. The van der Waals surface area contributed by atoms with Gasteiger partial charge in [0.1, 0.15) is 0 Å². The lowest BCUT2D eigenvalue weighted by Crippen LogP contribution is -2.43. The lowest BCUT2D eigenvalue weighted by atomic mass is 9.83. The van der Waals surface area contributed by atoms with Crippen LogP contribution in [0.4, 0.5) is 0 Å². The Morgan fingerprint density at radius 3 is 2.72 bits per heavy atom. The third-order valence-electron chi connectivity index (χ3n) is 4.11. The highest BCUT2D eigenvalue weighted by Crippen LogP contribution is 2.33. The number of rotatable bonds is 3. The Bertz CT molecular complexity index is 425. The minimum Gasteiger partial charge on any atom is -0.454 e. The van der Waals surface area contributed by atoms with Crippen molar-refractivity contribution < 1.29 is 9.47 Å². The van der Waals surface area contributed by atoms with Crippen LogP contribution in [0.5, 0.6) is 11.5 Å². The molecule has 0 aromatic heterocycles. The van der Waals surface area contributed by atoms with Gasteiger partial charge < -0.3 is 14.8 Å². The molecule has 0 saturated heterocycles. The minimum atomic E-state index is 0.314. The molecule has 3 nitrogen and oxygen atoms in total. The first-order valence-electron chi connectivity index (χ1n) is 6.89. The number of hydrogen-bond donors (Lipinski definition) is 1. The minimum absolute atomic E-state index is 0.314. The van der Waals surface area contributed by atoms with Gasteiger partial charge in [-0.3, -0.25) is 0 Å². The van der Waals surface area contributed by atoms with Gasteiger partial charge in [-0.05, 0) is 37.5 Å². The van der Waals surface area contributed by atoms with Gasteiger partial charge in [-0.25, -0.2) is 0 Å². The molecule has 1 saturated carbocycles. The van der Waals surface area contributed by atoms with Crippen LogP contribution < -0.4 is 14.8 Å². The maximum Gasteiger partial charge on any atom is 0.231 e. The van der Waals surface area contributed by atoms with E-state index in [2.05, 4.69) is 24.4 Å². The van der Waals surface area contributed by atoms with E-state index in [0.717, 1.165) is 18.0 Å². The summed E-state index contributed by atoms with van der Waals surface area (Å²) in [6, 6.07) is 6.21. The predicted molar refractivity (Wildman–Crippen MR) is 70.9 cm³/mol. The average Bonchev–Trinajstić information content (AvgIpc) is 2.85. The number of nitrogens with one attached hydrogen (secondary N) is 1. The fourth-order valence-electron chi connectivity index (χ4n) is 2.88. The highest BCUT2D eigenvalue weighted by Gasteiger charge is 2.25. The molecule has 1 N–H and O–H groups in total. The molecule has 1 aromatic carbocycles. The standard InChI is InChI=1S/C15H21NO2/c1-15(7-3-2-4-8-15)16-10-12-5-6-13-14(9-12)18-11-17-13/h5-6,9,16H,2-4,7-8,10-11H2,1H3. The van der Waals surface area contributed by atoms with Gasteiger partial charge in [0.2, 0.25) is 6.79 Å². The van der Waals surface area contributed by atoms with Crippen LogP contribution in [-0.2, 0) is 6.54 Å². The molecule has 1 heterocycles. The summed E-state index contributed by atoms with van der Waals surface area (Å²) in [4.78, 5) is 0. The molecule has 1 aromatic rings.